The van der Waals surface area contributed by atoms with E-state index in [1.807, 2.05) is 53.1 Å². The van der Waals surface area contributed by atoms with Crippen LogP contribution in [0.3, 0.4) is 0 Å². The molecule has 0 amide bonds. The van der Waals surface area contributed by atoms with Crippen LogP contribution in [0.15, 0.2) is 60.7 Å². The average molecular weight is 493 g/mol. The van der Waals surface area contributed by atoms with Gasteiger partial charge in [0.1, 0.15) is 5.75 Å². The monoisotopic (exact) mass is 492 g/mol. The molecule has 0 unspecified atom stereocenters. The molecule has 0 aliphatic carbocycles. The van der Waals surface area contributed by atoms with Crippen molar-refractivity contribution in [1.82, 2.24) is 0 Å². The second-order valence-corrected chi connectivity index (χ2v) is 10.2. The first kappa shape index (κ1) is 24.5. The minimum Gasteiger partial charge on any atom is -0.422 e. The van der Waals surface area contributed by atoms with Crippen LogP contribution in [0.1, 0.15) is 45.2 Å². The summed E-state index contributed by atoms with van der Waals surface area (Å²) < 4.78 is 39.5. The Morgan fingerprint density at radius 2 is 1.43 bits per heavy atom. The Morgan fingerprint density at radius 1 is 0.914 bits per heavy atom. The number of Topliss-reactive ketones (excluding diaryl/α,β-unsaturated/α-hetero) is 1. The Morgan fingerprint density at radius 3 is 1.91 bits per heavy atom. The van der Waals surface area contributed by atoms with Crippen LogP contribution in [0.4, 0.5) is 0 Å². The maximum Gasteiger partial charge on any atom is 0.345 e. The van der Waals surface area contributed by atoms with Crippen LogP contribution in [0.5, 0.6) is 5.75 Å². The zero-order valence-corrected chi connectivity index (χ0v) is 20.6. The molecule has 0 spiro atoms. The highest BCUT2D eigenvalue weighted by Gasteiger charge is 2.26. The lowest BCUT2D eigenvalue weighted by Crippen LogP contribution is -2.37. The van der Waals surface area contributed by atoms with E-state index >= 15 is 0 Å². The van der Waals surface area contributed by atoms with Gasteiger partial charge in [0.05, 0.1) is 22.1 Å². The lowest BCUT2D eigenvalue weighted by molar-refractivity contribution is -0.645. The van der Waals surface area contributed by atoms with Gasteiger partial charge in [-0.25, -0.2) is 4.79 Å². The molecule has 0 radical (unpaired) electrons. The fraction of sp³-hybridized carbons (Fsp3) is 0.222. The van der Waals surface area contributed by atoms with Crippen molar-refractivity contribution in [2.75, 3.05) is 5.75 Å². The number of fused-ring (bicyclic) bond motifs is 2. The zero-order valence-electron chi connectivity index (χ0n) is 19.7. The first-order valence-electron chi connectivity index (χ1n) is 11.2. The minimum absolute atomic E-state index is 0.0623. The summed E-state index contributed by atoms with van der Waals surface area (Å²) in [5.41, 5.74) is 3.82. The molecule has 4 aromatic rings. The Labute approximate surface area is 203 Å². The highest BCUT2D eigenvalue weighted by atomic mass is 32.2. The normalized spacial score (nSPS) is 11.7. The molecule has 0 aliphatic rings. The lowest BCUT2D eigenvalue weighted by atomic mass is 10.0. The molecule has 1 heterocycles. The number of hydrogen-bond acceptors (Lipinski definition) is 5. The number of aryl methyl sites for hydroxylation is 3. The summed E-state index contributed by atoms with van der Waals surface area (Å²) in [6.45, 7) is 5.42. The predicted octanol–water partition coefficient (Wildman–Crippen LogP) is 4.60. The first-order valence-corrected chi connectivity index (χ1v) is 12.8. The molecule has 0 saturated carbocycles. The molecule has 4 rings (SSSR count). The number of ether oxygens (including phenoxy) is 1. The standard InChI is InChI=1S/C27H25NO6S/c1-17-15-20(19(3)29)16-18(2)26(17)34-27(30)25-21-9-4-6-11-23(21)28(13-8-14-35(31,32)33)24-12-7-5-10-22(24)25/h4-7,9-12,15-16H,8,13-14H2,1-3H3/p+1. The van der Waals surface area contributed by atoms with Crippen LogP contribution in [0, 0.1) is 13.8 Å². The number of aromatic nitrogens is 1. The second kappa shape index (κ2) is 9.56. The number of benzene rings is 3. The van der Waals surface area contributed by atoms with Crippen molar-refractivity contribution in [3.05, 3.63) is 82.9 Å². The van der Waals surface area contributed by atoms with Crippen LogP contribution in [-0.4, -0.2) is 30.5 Å². The SMILES string of the molecule is CC(=O)c1cc(C)c(OC(=O)c2c3ccccc3[n+](CCCS(=O)(=O)O)c3ccccc23)c(C)c1. The van der Waals surface area contributed by atoms with Gasteiger partial charge >= 0.3 is 5.97 Å². The number of para-hydroxylation sites is 2. The predicted molar refractivity (Wildman–Crippen MR) is 134 cm³/mol. The molecule has 0 aliphatic heterocycles. The van der Waals surface area contributed by atoms with E-state index in [2.05, 4.69) is 0 Å². The van der Waals surface area contributed by atoms with Gasteiger partial charge in [-0.05, 0) is 56.2 Å². The number of hydrogen-bond donors (Lipinski definition) is 1. The Bertz CT molecular complexity index is 1510. The van der Waals surface area contributed by atoms with Crippen LogP contribution in [-0.2, 0) is 16.7 Å². The third-order valence-corrected chi connectivity index (χ3v) is 6.78. The van der Waals surface area contributed by atoms with Gasteiger partial charge in [-0.3, -0.25) is 9.35 Å². The number of carbonyl (C=O) groups excluding carboxylic acids is 2. The average Bonchev–Trinajstić information content (AvgIpc) is 2.80. The fourth-order valence-electron chi connectivity index (χ4n) is 4.44. The molecule has 1 N–H and O–H groups in total. The molecule has 0 atom stereocenters. The maximum absolute atomic E-state index is 13.6. The summed E-state index contributed by atoms with van der Waals surface area (Å²) in [6.07, 6.45) is 0.210. The van der Waals surface area contributed by atoms with E-state index in [4.69, 9.17) is 9.29 Å². The van der Waals surface area contributed by atoms with E-state index in [0.29, 0.717) is 45.3 Å². The number of ketones is 1. The Kier molecular flexibility index (Phi) is 6.69. The van der Waals surface area contributed by atoms with E-state index in [0.717, 1.165) is 11.0 Å². The van der Waals surface area contributed by atoms with E-state index in [9.17, 15) is 18.0 Å². The quantitative estimate of drug-likeness (QED) is 0.101. The molecule has 0 saturated heterocycles. The van der Waals surface area contributed by atoms with Crippen molar-refractivity contribution in [1.29, 1.82) is 0 Å². The summed E-state index contributed by atoms with van der Waals surface area (Å²) in [5.74, 6) is -0.531. The Hall–Kier alpha value is -3.62. The van der Waals surface area contributed by atoms with Crippen molar-refractivity contribution in [3.63, 3.8) is 0 Å². The molecule has 180 valence electrons. The molecule has 3 aromatic carbocycles. The molecule has 35 heavy (non-hydrogen) atoms. The molecule has 0 bridgehead atoms. The highest BCUT2D eigenvalue weighted by Crippen LogP contribution is 2.30. The van der Waals surface area contributed by atoms with Crippen LogP contribution >= 0.6 is 0 Å². The minimum atomic E-state index is -4.08. The summed E-state index contributed by atoms with van der Waals surface area (Å²) in [7, 11) is -4.08. The van der Waals surface area contributed by atoms with Crippen molar-refractivity contribution in [2.24, 2.45) is 0 Å². The van der Waals surface area contributed by atoms with Gasteiger partial charge in [-0.2, -0.15) is 13.0 Å². The first-order chi connectivity index (χ1) is 16.6. The number of esters is 1. The van der Waals surface area contributed by atoms with Gasteiger partial charge in [0.25, 0.3) is 10.1 Å². The van der Waals surface area contributed by atoms with Crippen molar-refractivity contribution >= 4 is 43.7 Å². The number of pyridine rings is 1. The van der Waals surface area contributed by atoms with Gasteiger partial charge in [0.2, 0.25) is 11.0 Å². The van der Waals surface area contributed by atoms with Crippen molar-refractivity contribution in [2.45, 2.75) is 33.7 Å². The molecule has 7 nitrogen and oxygen atoms in total. The van der Waals surface area contributed by atoms with E-state index < -0.39 is 16.1 Å². The molecule has 0 fully saturated rings. The summed E-state index contributed by atoms with van der Waals surface area (Å²) >= 11 is 0. The summed E-state index contributed by atoms with van der Waals surface area (Å²) in [5, 5.41) is 1.33. The lowest BCUT2D eigenvalue weighted by Gasteiger charge is -2.14. The van der Waals surface area contributed by atoms with Crippen molar-refractivity contribution in [3.8, 4) is 5.75 Å². The molecule has 8 heteroatoms. The van der Waals surface area contributed by atoms with E-state index in [1.54, 1.807) is 26.0 Å². The van der Waals surface area contributed by atoms with Gasteiger partial charge in [-0.15, -0.1) is 0 Å². The number of carbonyl (C=O) groups is 2. The van der Waals surface area contributed by atoms with Crippen LogP contribution < -0.4 is 9.30 Å². The van der Waals surface area contributed by atoms with E-state index in [1.165, 1.54) is 6.92 Å². The second-order valence-electron chi connectivity index (χ2n) is 8.59. The molecular formula is C27H26NO6S+. The fourth-order valence-corrected chi connectivity index (χ4v) is 4.93. The van der Waals surface area contributed by atoms with Crippen LogP contribution in [0.2, 0.25) is 0 Å². The van der Waals surface area contributed by atoms with Gasteiger partial charge in [0.15, 0.2) is 12.3 Å². The van der Waals surface area contributed by atoms with E-state index in [-0.39, 0.29) is 18.0 Å². The summed E-state index contributed by atoms with van der Waals surface area (Å²) in [6, 6.07) is 18.2. The molecule has 1 aromatic heterocycles. The largest absolute Gasteiger partial charge is 0.422 e. The smallest absolute Gasteiger partial charge is 0.345 e. The number of rotatable bonds is 7. The Balaban J connectivity index is 1.85. The topological polar surface area (TPSA) is 102 Å². The van der Waals surface area contributed by atoms with Gasteiger partial charge in [0, 0.05) is 24.1 Å². The zero-order chi connectivity index (χ0) is 25.3. The van der Waals surface area contributed by atoms with Gasteiger partial charge < -0.3 is 4.74 Å². The third-order valence-electron chi connectivity index (χ3n) is 5.98. The number of nitrogens with zero attached hydrogens (tertiary/aromatic N) is 1. The van der Waals surface area contributed by atoms with Crippen LogP contribution in [0.25, 0.3) is 21.8 Å². The summed E-state index contributed by atoms with van der Waals surface area (Å²) in [4.78, 5) is 25.4. The highest BCUT2D eigenvalue weighted by molar-refractivity contribution is 7.85. The maximum atomic E-state index is 13.6. The molecular weight excluding hydrogens is 466 g/mol. The van der Waals surface area contributed by atoms with Gasteiger partial charge in [-0.1, -0.05) is 24.3 Å². The van der Waals surface area contributed by atoms with Crippen molar-refractivity contribution < 1.29 is 31.9 Å². The third kappa shape index (κ3) is 5.08.